The van der Waals surface area contributed by atoms with Crippen molar-refractivity contribution in [2.75, 3.05) is 13.2 Å². The molecule has 0 radical (unpaired) electrons. The van der Waals surface area contributed by atoms with Crippen molar-refractivity contribution in [2.24, 2.45) is 0 Å². The molecule has 8 rings (SSSR count). The van der Waals surface area contributed by atoms with E-state index in [1.54, 1.807) is 0 Å². The number of carbonyl (C=O) groups excluding carboxylic acids is 1. The lowest BCUT2D eigenvalue weighted by Crippen LogP contribution is -2.69. The van der Waals surface area contributed by atoms with Gasteiger partial charge in [-0.05, 0) is 34.7 Å². The van der Waals surface area contributed by atoms with Gasteiger partial charge in [0.1, 0.15) is 67.1 Å². The Bertz CT molecular complexity index is 2300. The van der Waals surface area contributed by atoms with Crippen molar-refractivity contribution in [3.8, 4) is 0 Å². The van der Waals surface area contributed by atoms with Gasteiger partial charge in [0.25, 0.3) is 0 Å². The lowest BCUT2D eigenvalue weighted by Gasteiger charge is -2.50. The Labute approximate surface area is 414 Å². The molecule has 0 spiro atoms. The number of aliphatic hydroxyl groups excluding tert-OH is 4. The highest BCUT2D eigenvalue weighted by Crippen LogP contribution is 2.36. The van der Waals surface area contributed by atoms with Gasteiger partial charge in [-0.3, -0.25) is 4.79 Å². The molecule has 0 bridgehead atoms. The van der Waals surface area contributed by atoms with Gasteiger partial charge in [-0.2, -0.15) is 0 Å². The Morgan fingerprint density at radius 1 is 0.465 bits per heavy atom. The Morgan fingerprint density at radius 3 is 1.37 bits per heavy atom. The van der Waals surface area contributed by atoms with Crippen LogP contribution in [0.1, 0.15) is 41.7 Å². The van der Waals surface area contributed by atoms with Crippen LogP contribution in [0.15, 0.2) is 152 Å². The molecule has 3 fully saturated rings. The summed E-state index contributed by atoms with van der Waals surface area (Å²) in [6.45, 7) is 3.63. The minimum atomic E-state index is -1.79. The molecule has 3 aliphatic rings. The standard InChI is InChI=1S/C55H65NO15/c1-35-48(64-30-39-22-12-5-13-23-39)51(65-31-40-24-14-6-15-25-40)52(66-32-41-26-16-7-17-27-41)55(67-35)71-50-44(56-36(2)57)53(61)68-43(34-63-29-38-20-10-4-11-21-38)49(50)70-54-47(60)46(59)45(58)42(69-54)33-62-28-37-18-8-3-9-19-37/h3-27,35,42-55,58-61H,28-34H2,1-2H3,(H,56,57)/t35-,42+,43+,44+,45-,46-,47+,48+,49+,50+,51+,52-,53-,54+,55-/m0/s1. The number of benzene rings is 5. The summed E-state index contributed by atoms with van der Waals surface area (Å²) in [5, 5.41) is 48.5. The summed E-state index contributed by atoms with van der Waals surface area (Å²) >= 11 is 0. The molecule has 16 heteroatoms. The molecule has 380 valence electrons. The number of aliphatic hydroxyl groups is 4. The normalized spacial score (nSPS) is 30.9. The molecule has 0 aromatic heterocycles. The van der Waals surface area contributed by atoms with E-state index in [4.69, 9.17) is 47.4 Å². The molecule has 3 saturated heterocycles. The number of hydrogen-bond acceptors (Lipinski definition) is 15. The van der Waals surface area contributed by atoms with Crippen LogP contribution in [0.4, 0.5) is 0 Å². The summed E-state index contributed by atoms with van der Waals surface area (Å²) in [4.78, 5) is 13.0. The highest BCUT2D eigenvalue weighted by atomic mass is 16.8. The van der Waals surface area contributed by atoms with Crippen LogP contribution in [-0.2, 0) is 85.2 Å². The summed E-state index contributed by atoms with van der Waals surface area (Å²) in [6, 6.07) is 46.5. The molecular weight excluding hydrogens is 915 g/mol. The Kier molecular flexibility index (Phi) is 19.2. The first-order valence-corrected chi connectivity index (χ1v) is 24.1. The molecule has 0 aliphatic carbocycles. The van der Waals surface area contributed by atoms with Gasteiger partial charge >= 0.3 is 0 Å². The van der Waals surface area contributed by atoms with Gasteiger partial charge in [0, 0.05) is 6.92 Å². The fourth-order valence-electron chi connectivity index (χ4n) is 8.96. The smallest absolute Gasteiger partial charge is 0.217 e. The summed E-state index contributed by atoms with van der Waals surface area (Å²) in [5.74, 6) is -0.528. The van der Waals surface area contributed by atoms with E-state index < -0.39 is 98.0 Å². The monoisotopic (exact) mass is 979 g/mol. The van der Waals surface area contributed by atoms with Gasteiger partial charge in [0.15, 0.2) is 18.9 Å². The van der Waals surface area contributed by atoms with Crippen LogP contribution in [0.25, 0.3) is 0 Å². The van der Waals surface area contributed by atoms with E-state index in [1.165, 1.54) is 6.92 Å². The summed E-state index contributed by atoms with van der Waals surface area (Å²) in [6.07, 6.45) is -18.0. The van der Waals surface area contributed by atoms with E-state index in [-0.39, 0.29) is 46.2 Å². The highest BCUT2D eigenvalue weighted by Gasteiger charge is 2.55. The highest BCUT2D eigenvalue weighted by molar-refractivity contribution is 5.73. The number of ether oxygens (including phenoxy) is 10. The van der Waals surface area contributed by atoms with Crippen LogP contribution >= 0.6 is 0 Å². The van der Waals surface area contributed by atoms with Gasteiger partial charge < -0.3 is 73.1 Å². The van der Waals surface area contributed by atoms with Crippen LogP contribution < -0.4 is 5.32 Å². The number of hydrogen-bond donors (Lipinski definition) is 5. The van der Waals surface area contributed by atoms with Crippen LogP contribution in [0.2, 0.25) is 0 Å². The maximum atomic E-state index is 13.0. The van der Waals surface area contributed by atoms with Gasteiger partial charge in [-0.1, -0.05) is 152 Å². The fourth-order valence-corrected chi connectivity index (χ4v) is 8.96. The van der Waals surface area contributed by atoms with Crippen molar-refractivity contribution >= 4 is 5.91 Å². The number of nitrogens with one attached hydrogen (secondary N) is 1. The van der Waals surface area contributed by atoms with E-state index in [9.17, 15) is 25.2 Å². The predicted molar refractivity (Wildman–Crippen MR) is 256 cm³/mol. The van der Waals surface area contributed by atoms with Gasteiger partial charge in [0.05, 0.1) is 52.4 Å². The average molecular weight is 980 g/mol. The quantitative estimate of drug-likeness (QED) is 0.0638. The molecule has 0 saturated carbocycles. The van der Waals surface area contributed by atoms with E-state index in [2.05, 4.69) is 5.32 Å². The Balaban J connectivity index is 1.13. The summed E-state index contributed by atoms with van der Waals surface area (Å²) < 4.78 is 65.4. The van der Waals surface area contributed by atoms with Crippen molar-refractivity contribution < 1.29 is 72.6 Å². The fraction of sp³-hybridized carbons (Fsp3) is 0.436. The van der Waals surface area contributed by atoms with Crippen molar-refractivity contribution in [2.45, 2.75) is 139 Å². The second kappa shape index (κ2) is 26.1. The maximum Gasteiger partial charge on any atom is 0.217 e. The van der Waals surface area contributed by atoms with Crippen LogP contribution in [0.3, 0.4) is 0 Å². The summed E-state index contributed by atoms with van der Waals surface area (Å²) in [7, 11) is 0. The first-order valence-electron chi connectivity index (χ1n) is 24.1. The number of carbonyl (C=O) groups is 1. The third kappa shape index (κ3) is 14.4. The van der Waals surface area contributed by atoms with E-state index in [0.29, 0.717) is 0 Å². The van der Waals surface area contributed by atoms with Crippen LogP contribution in [-0.4, -0.2) is 132 Å². The molecule has 71 heavy (non-hydrogen) atoms. The zero-order valence-electron chi connectivity index (χ0n) is 39.8. The topological polar surface area (TPSA) is 202 Å². The summed E-state index contributed by atoms with van der Waals surface area (Å²) in [5.41, 5.74) is 4.43. The molecule has 16 nitrogen and oxygen atoms in total. The van der Waals surface area contributed by atoms with E-state index in [1.807, 2.05) is 159 Å². The van der Waals surface area contributed by atoms with E-state index in [0.717, 1.165) is 27.8 Å². The van der Waals surface area contributed by atoms with Gasteiger partial charge in [-0.25, -0.2) is 0 Å². The molecule has 5 N–H and O–H groups in total. The lowest BCUT2D eigenvalue weighted by atomic mass is 9.94. The number of rotatable bonds is 22. The predicted octanol–water partition coefficient (Wildman–Crippen LogP) is 4.72. The third-order valence-electron chi connectivity index (χ3n) is 12.7. The van der Waals surface area contributed by atoms with Gasteiger partial charge in [-0.15, -0.1) is 0 Å². The van der Waals surface area contributed by atoms with Gasteiger partial charge in [0.2, 0.25) is 5.91 Å². The minimum Gasteiger partial charge on any atom is -0.387 e. The first-order chi connectivity index (χ1) is 34.6. The Morgan fingerprint density at radius 2 is 0.887 bits per heavy atom. The average Bonchev–Trinajstić information content (AvgIpc) is 3.39. The third-order valence-corrected chi connectivity index (χ3v) is 12.7. The Hall–Kier alpha value is -4.99. The molecule has 3 heterocycles. The van der Waals surface area contributed by atoms with Crippen molar-refractivity contribution in [3.63, 3.8) is 0 Å². The number of amides is 1. The van der Waals surface area contributed by atoms with Crippen molar-refractivity contribution in [1.29, 1.82) is 0 Å². The van der Waals surface area contributed by atoms with Crippen LogP contribution in [0.5, 0.6) is 0 Å². The first kappa shape index (κ1) is 52.3. The molecule has 5 aromatic carbocycles. The maximum absolute atomic E-state index is 13.0. The molecule has 1 amide bonds. The molecular formula is C55H65NO15. The SMILES string of the molecule is CC(=O)N[C@@H]1[C@@H](O[C@@H]2O[C@@H](C)[C@@H](OCc3ccccc3)[C@@H](OCc3ccccc3)[C@@H]2OCc2ccccc2)[C@H](O[C@H]2O[C@H](COCc3ccccc3)[C@H](O)[C@H](O)[C@H]2O)[C@@H](COCc2ccccc2)O[C@@H]1O. The molecule has 15 atom stereocenters. The minimum absolute atomic E-state index is 0.108. The molecule has 5 aromatic rings. The zero-order valence-corrected chi connectivity index (χ0v) is 39.8. The van der Waals surface area contributed by atoms with Crippen LogP contribution in [0, 0.1) is 0 Å². The molecule has 0 unspecified atom stereocenters. The largest absolute Gasteiger partial charge is 0.387 e. The van der Waals surface area contributed by atoms with E-state index >= 15 is 0 Å². The lowest BCUT2D eigenvalue weighted by molar-refractivity contribution is -0.377. The second-order valence-corrected chi connectivity index (χ2v) is 18.0. The second-order valence-electron chi connectivity index (χ2n) is 18.0. The van der Waals surface area contributed by atoms with Crippen molar-refractivity contribution in [3.05, 3.63) is 179 Å². The molecule has 3 aliphatic heterocycles. The van der Waals surface area contributed by atoms with Crippen molar-refractivity contribution in [1.82, 2.24) is 5.32 Å². The zero-order chi connectivity index (χ0) is 49.5.